The Hall–Kier alpha value is -1.76. The Morgan fingerprint density at radius 3 is 2.86 bits per heavy atom. The molecule has 21 heavy (non-hydrogen) atoms. The lowest BCUT2D eigenvalue weighted by Gasteiger charge is -2.27. The fraction of sp³-hybridized carbons (Fsp3) is 0.667. The van der Waals surface area contributed by atoms with Crippen molar-refractivity contribution in [2.45, 2.75) is 24.9 Å². The van der Waals surface area contributed by atoms with E-state index in [4.69, 9.17) is 14.7 Å². The number of nitrogens with two attached hydrogens (primary N) is 1. The van der Waals surface area contributed by atoms with Gasteiger partial charge in [-0.2, -0.15) is 13.5 Å². The molecular formula is C9H13N5O6S. The van der Waals surface area contributed by atoms with Gasteiger partial charge in [0.15, 0.2) is 0 Å². The van der Waals surface area contributed by atoms with E-state index in [1.165, 1.54) is 4.90 Å². The molecular weight excluding hydrogens is 306 g/mol. The summed E-state index contributed by atoms with van der Waals surface area (Å²) in [6.45, 7) is 0.728. The first-order valence-corrected chi connectivity index (χ1v) is 7.53. The third-order valence-electron chi connectivity index (χ3n) is 3.49. The van der Waals surface area contributed by atoms with Gasteiger partial charge < -0.3 is 15.1 Å². The van der Waals surface area contributed by atoms with Gasteiger partial charge in [0, 0.05) is 13.1 Å². The van der Waals surface area contributed by atoms with Crippen LogP contribution in [0.3, 0.4) is 0 Å². The second-order valence-corrected chi connectivity index (χ2v) is 5.76. The van der Waals surface area contributed by atoms with Crippen molar-refractivity contribution >= 4 is 16.4 Å². The summed E-state index contributed by atoms with van der Waals surface area (Å²) >= 11 is 0. The molecule has 0 aliphatic carbocycles. The van der Waals surface area contributed by atoms with Crippen molar-refractivity contribution in [1.82, 2.24) is 20.2 Å². The van der Waals surface area contributed by atoms with Crippen molar-refractivity contribution in [3.63, 3.8) is 0 Å². The standard InChI is InChI=1S/C9H13N5O6S/c10-3-7-11-12-8(19-7)5-1-2-13-4-6(5)14(9(13)15)20-21(16,17)18/h5-6H,1-4,10H2,(H,16,17,18)/t5-,6+/m1/s1. The summed E-state index contributed by atoms with van der Waals surface area (Å²) < 4.78 is 40.3. The van der Waals surface area contributed by atoms with Crippen LogP contribution in [0.2, 0.25) is 0 Å². The van der Waals surface area contributed by atoms with Crippen LogP contribution in [-0.4, -0.2) is 58.3 Å². The number of hydrogen-bond acceptors (Lipinski definition) is 8. The van der Waals surface area contributed by atoms with Crippen LogP contribution in [-0.2, 0) is 21.2 Å². The number of carbonyl (C=O) groups excluding carboxylic acids is 1. The molecule has 2 aliphatic rings. The summed E-state index contributed by atoms with van der Waals surface area (Å²) in [4.78, 5) is 13.4. The maximum absolute atomic E-state index is 12.0. The quantitative estimate of drug-likeness (QED) is 0.655. The van der Waals surface area contributed by atoms with E-state index < -0.39 is 22.5 Å². The van der Waals surface area contributed by atoms with Crippen LogP contribution in [0.25, 0.3) is 0 Å². The molecule has 1 aromatic heterocycles. The van der Waals surface area contributed by atoms with Crippen molar-refractivity contribution in [3.8, 4) is 0 Å². The van der Waals surface area contributed by atoms with Gasteiger partial charge in [-0.3, -0.25) is 4.55 Å². The SMILES string of the molecule is NCc1nnc([C@@H]2CCN3C[C@@H]2N(OS(=O)(=O)O)C3=O)o1. The first kappa shape index (κ1) is 14.2. The second kappa shape index (κ2) is 4.91. The van der Waals surface area contributed by atoms with Crippen LogP contribution < -0.4 is 5.73 Å². The molecule has 2 bridgehead atoms. The Labute approximate surface area is 119 Å². The van der Waals surface area contributed by atoms with Gasteiger partial charge in [-0.05, 0) is 6.42 Å². The van der Waals surface area contributed by atoms with Gasteiger partial charge in [0.05, 0.1) is 18.5 Å². The summed E-state index contributed by atoms with van der Waals surface area (Å²) in [7, 11) is -4.79. The van der Waals surface area contributed by atoms with E-state index in [0.717, 1.165) is 0 Å². The predicted octanol–water partition coefficient (Wildman–Crippen LogP) is -1.14. The van der Waals surface area contributed by atoms with Crippen molar-refractivity contribution < 1.29 is 26.5 Å². The molecule has 3 N–H and O–H groups in total. The lowest BCUT2D eigenvalue weighted by molar-refractivity contribution is -0.0393. The highest BCUT2D eigenvalue weighted by molar-refractivity contribution is 7.80. The second-order valence-electron chi connectivity index (χ2n) is 4.76. The zero-order valence-electron chi connectivity index (χ0n) is 10.7. The maximum Gasteiger partial charge on any atom is 0.418 e. The highest BCUT2D eigenvalue weighted by atomic mass is 32.3. The van der Waals surface area contributed by atoms with E-state index in [2.05, 4.69) is 14.5 Å². The van der Waals surface area contributed by atoms with Crippen LogP contribution in [0.1, 0.15) is 24.1 Å². The topological polar surface area (TPSA) is 152 Å². The van der Waals surface area contributed by atoms with E-state index in [0.29, 0.717) is 18.0 Å². The van der Waals surface area contributed by atoms with Gasteiger partial charge >= 0.3 is 16.4 Å². The Morgan fingerprint density at radius 1 is 1.48 bits per heavy atom. The lowest BCUT2D eigenvalue weighted by Crippen LogP contribution is -2.39. The van der Waals surface area contributed by atoms with Crippen LogP contribution in [0, 0.1) is 0 Å². The minimum Gasteiger partial charge on any atom is -0.424 e. The molecule has 2 amide bonds. The number of rotatable bonds is 4. The number of amides is 2. The van der Waals surface area contributed by atoms with Crippen LogP contribution in [0.15, 0.2) is 4.42 Å². The van der Waals surface area contributed by atoms with E-state index in [1.807, 2.05) is 0 Å². The van der Waals surface area contributed by atoms with Crippen molar-refractivity contribution in [2.75, 3.05) is 13.1 Å². The molecule has 116 valence electrons. The molecule has 2 aliphatic heterocycles. The van der Waals surface area contributed by atoms with Gasteiger partial charge in [0.25, 0.3) is 0 Å². The van der Waals surface area contributed by atoms with E-state index in [1.54, 1.807) is 0 Å². The Bertz CT molecular complexity index is 659. The lowest BCUT2D eigenvalue weighted by atomic mass is 9.93. The fourth-order valence-electron chi connectivity index (χ4n) is 2.60. The third kappa shape index (κ3) is 2.57. The molecule has 0 aromatic carbocycles. The first-order chi connectivity index (χ1) is 9.89. The van der Waals surface area contributed by atoms with Crippen LogP contribution >= 0.6 is 0 Å². The number of hydroxylamine groups is 2. The molecule has 11 nitrogen and oxygen atoms in total. The molecule has 0 radical (unpaired) electrons. The summed E-state index contributed by atoms with van der Waals surface area (Å²) in [5, 5.41) is 8.24. The molecule has 0 unspecified atom stereocenters. The minimum absolute atomic E-state index is 0.0840. The number of aromatic nitrogens is 2. The van der Waals surface area contributed by atoms with Crippen molar-refractivity contribution in [1.29, 1.82) is 0 Å². The number of fused-ring (bicyclic) bond motifs is 2. The van der Waals surface area contributed by atoms with E-state index in [9.17, 15) is 13.2 Å². The van der Waals surface area contributed by atoms with E-state index in [-0.39, 0.29) is 30.8 Å². The van der Waals surface area contributed by atoms with Gasteiger partial charge in [0.2, 0.25) is 11.8 Å². The maximum atomic E-state index is 12.0. The zero-order chi connectivity index (χ0) is 15.2. The number of hydrogen-bond donors (Lipinski definition) is 2. The average molecular weight is 319 g/mol. The highest BCUT2D eigenvalue weighted by Crippen LogP contribution is 2.36. The Morgan fingerprint density at radius 2 is 2.24 bits per heavy atom. The van der Waals surface area contributed by atoms with Gasteiger partial charge in [0.1, 0.15) is 0 Å². The van der Waals surface area contributed by atoms with Crippen LogP contribution in [0.4, 0.5) is 4.79 Å². The first-order valence-electron chi connectivity index (χ1n) is 6.16. The molecule has 2 atom stereocenters. The van der Waals surface area contributed by atoms with Crippen molar-refractivity contribution in [2.24, 2.45) is 5.73 Å². The fourth-order valence-corrected chi connectivity index (χ4v) is 2.98. The molecule has 3 rings (SSSR count). The summed E-state index contributed by atoms with van der Waals surface area (Å²) in [6.07, 6.45) is 0.508. The minimum atomic E-state index is -4.79. The van der Waals surface area contributed by atoms with Gasteiger partial charge in [-0.1, -0.05) is 0 Å². The number of nitrogens with zero attached hydrogens (tertiary/aromatic N) is 4. The smallest absolute Gasteiger partial charge is 0.418 e. The predicted molar refractivity (Wildman–Crippen MR) is 64.8 cm³/mol. The summed E-state index contributed by atoms with van der Waals surface area (Å²) in [5.74, 6) is 0.125. The molecule has 0 saturated carbocycles. The highest BCUT2D eigenvalue weighted by Gasteiger charge is 2.50. The molecule has 3 heterocycles. The number of carbonyl (C=O) groups is 1. The number of urea groups is 1. The molecule has 12 heteroatoms. The molecule has 1 aromatic rings. The number of piperidine rings is 1. The monoisotopic (exact) mass is 319 g/mol. The van der Waals surface area contributed by atoms with Crippen LogP contribution in [0.5, 0.6) is 0 Å². The molecule has 2 saturated heterocycles. The zero-order valence-corrected chi connectivity index (χ0v) is 11.6. The van der Waals surface area contributed by atoms with Crippen molar-refractivity contribution in [3.05, 3.63) is 11.8 Å². The summed E-state index contributed by atoms with van der Waals surface area (Å²) in [5.41, 5.74) is 5.39. The third-order valence-corrected chi connectivity index (χ3v) is 3.84. The van der Waals surface area contributed by atoms with Gasteiger partial charge in [-0.25, -0.2) is 4.79 Å². The molecule has 2 fully saturated rings. The summed E-state index contributed by atoms with van der Waals surface area (Å²) in [6, 6.07) is -1.27. The Balaban J connectivity index is 1.88. The van der Waals surface area contributed by atoms with Gasteiger partial charge in [-0.15, -0.1) is 14.5 Å². The Kier molecular flexibility index (Phi) is 3.32. The normalized spacial score (nSPS) is 25.7. The molecule has 0 spiro atoms. The average Bonchev–Trinajstić information content (AvgIpc) is 2.98. The van der Waals surface area contributed by atoms with E-state index >= 15 is 0 Å². The largest absolute Gasteiger partial charge is 0.424 e.